The van der Waals surface area contributed by atoms with Crippen LogP contribution in [0.4, 0.5) is 4.39 Å². The molecule has 1 atom stereocenters. The van der Waals surface area contributed by atoms with E-state index in [1.165, 1.54) is 12.5 Å². The molecule has 0 saturated carbocycles. The van der Waals surface area contributed by atoms with Crippen molar-refractivity contribution in [1.82, 2.24) is 14.9 Å². The summed E-state index contributed by atoms with van der Waals surface area (Å²) in [6.07, 6.45) is 6.44. The number of carbonyl (C=O) groups excluding carboxylic acids is 1. The van der Waals surface area contributed by atoms with E-state index in [0.29, 0.717) is 18.7 Å². The quantitative estimate of drug-likeness (QED) is 0.863. The molecule has 0 N–H and O–H groups in total. The minimum Gasteiger partial charge on any atom is -0.472 e. The number of rotatable bonds is 3. The molecule has 7 heteroatoms. The summed E-state index contributed by atoms with van der Waals surface area (Å²) in [5.41, 5.74) is 0.522. The first kappa shape index (κ1) is 13.5. The molecule has 0 radical (unpaired) electrons. The predicted molar refractivity (Wildman–Crippen MR) is 70.3 cm³/mol. The van der Waals surface area contributed by atoms with Gasteiger partial charge in [0.1, 0.15) is 12.4 Å². The second-order valence-electron chi connectivity index (χ2n) is 4.83. The number of halogens is 1. The Labute approximate surface area is 120 Å². The van der Waals surface area contributed by atoms with Crippen molar-refractivity contribution < 1.29 is 18.3 Å². The summed E-state index contributed by atoms with van der Waals surface area (Å²) in [7, 11) is 0. The number of amides is 1. The van der Waals surface area contributed by atoms with Crippen LogP contribution in [0, 0.1) is 5.82 Å². The number of ether oxygens (including phenoxy) is 1. The lowest BCUT2D eigenvalue weighted by molar-refractivity contribution is 0.0514. The predicted octanol–water partition coefficient (Wildman–Crippen LogP) is 1.89. The van der Waals surface area contributed by atoms with Crippen LogP contribution in [0.15, 0.2) is 35.4 Å². The lowest BCUT2D eigenvalue weighted by Gasteiger charge is -2.32. The second-order valence-corrected chi connectivity index (χ2v) is 4.83. The minimum atomic E-state index is -0.511. The monoisotopic (exact) mass is 291 g/mol. The molecule has 6 nitrogen and oxygen atoms in total. The highest BCUT2D eigenvalue weighted by atomic mass is 19.1. The van der Waals surface area contributed by atoms with Gasteiger partial charge in [0.05, 0.1) is 30.8 Å². The van der Waals surface area contributed by atoms with Crippen LogP contribution >= 0.6 is 0 Å². The first-order valence-electron chi connectivity index (χ1n) is 6.68. The van der Waals surface area contributed by atoms with Crippen molar-refractivity contribution in [3.05, 3.63) is 42.4 Å². The molecular formula is C14H14FN3O3. The van der Waals surface area contributed by atoms with E-state index in [1.54, 1.807) is 11.0 Å². The summed E-state index contributed by atoms with van der Waals surface area (Å²) in [6, 6.07) is 1.76. The van der Waals surface area contributed by atoms with Crippen LogP contribution in [0.25, 0.3) is 0 Å². The Morgan fingerprint density at radius 2 is 2.24 bits per heavy atom. The summed E-state index contributed by atoms with van der Waals surface area (Å²) in [5, 5.41) is 0. The highest BCUT2D eigenvalue weighted by Crippen LogP contribution is 2.17. The van der Waals surface area contributed by atoms with Gasteiger partial charge in [0.2, 0.25) is 0 Å². The number of hydrogen-bond donors (Lipinski definition) is 0. The summed E-state index contributed by atoms with van der Waals surface area (Å²) in [4.78, 5) is 21.5. The fraction of sp³-hybridized carbons (Fsp3) is 0.357. The van der Waals surface area contributed by atoms with Gasteiger partial charge in [0.25, 0.3) is 5.91 Å². The van der Waals surface area contributed by atoms with Crippen molar-refractivity contribution in [3.8, 4) is 6.01 Å². The standard InChI is InChI=1S/C14H14FN3O3/c15-11-6-16-14(17-7-11)21-12-2-1-4-18(8-12)13(19)10-3-5-20-9-10/h3,5-7,9,12H,1-2,4,8H2. The van der Waals surface area contributed by atoms with Gasteiger partial charge in [-0.25, -0.2) is 14.4 Å². The minimum absolute atomic E-state index is 0.0860. The largest absolute Gasteiger partial charge is 0.472 e. The van der Waals surface area contributed by atoms with Crippen LogP contribution < -0.4 is 4.74 Å². The molecule has 0 bridgehead atoms. The molecule has 0 aliphatic carbocycles. The van der Waals surface area contributed by atoms with Gasteiger partial charge >= 0.3 is 6.01 Å². The number of nitrogens with zero attached hydrogens (tertiary/aromatic N) is 3. The van der Waals surface area contributed by atoms with Crippen molar-refractivity contribution in [2.75, 3.05) is 13.1 Å². The number of piperidine rings is 1. The Hall–Kier alpha value is -2.44. The zero-order valence-corrected chi connectivity index (χ0v) is 11.2. The van der Waals surface area contributed by atoms with E-state index in [0.717, 1.165) is 25.2 Å². The third-order valence-corrected chi connectivity index (χ3v) is 3.30. The average molecular weight is 291 g/mol. The number of furan rings is 1. The zero-order chi connectivity index (χ0) is 14.7. The Morgan fingerprint density at radius 3 is 2.95 bits per heavy atom. The van der Waals surface area contributed by atoms with Crippen LogP contribution in [-0.4, -0.2) is 40.0 Å². The fourth-order valence-corrected chi connectivity index (χ4v) is 2.30. The molecule has 1 saturated heterocycles. The molecule has 21 heavy (non-hydrogen) atoms. The molecule has 110 valence electrons. The summed E-state index contributed by atoms with van der Waals surface area (Å²) >= 11 is 0. The lowest BCUT2D eigenvalue weighted by Crippen LogP contribution is -2.44. The van der Waals surface area contributed by atoms with Gasteiger partial charge in [-0.1, -0.05) is 0 Å². The second kappa shape index (κ2) is 5.90. The molecule has 0 aromatic carbocycles. The van der Waals surface area contributed by atoms with E-state index in [1.807, 2.05) is 0 Å². The SMILES string of the molecule is O=C(c1ccoc1)N1CCCC(Oc2ncc(F)cn2)C1. The van der Waals surface area contributed by atoms with Gasteiger partial charge in [-0.05, 0) is 18.9 Å². The van der Waals surface area contributed by atoms with Crippen LogP contribution in [0.3, 0.4) is 0 Å². The molecular weight excluding hydrogens is 277 g/mol. The van der Waals surface area contributed by atoms with E-state index < -0.39 is 5.82 Å². The highest BCUT2D eigenvalue weighted by Gasteiger charge is 2.26. The maximum atomic E-state index is 12.7. The Kier molecular flexibility index (Phi) is 3.81. The molecule has 3 rings (SSSR count). The van der Waals surface area contributed by atoms with E-state index in [-0.39, 0.29) is 18.0 Å². The summed E-state index contributed by atoms with van der Waals surface area (Å²) in [5.74, 6) is -0.597. The molecule has 3 heterocycles. The number of aromatic nitrogens is 2. The van der Waals surface area contributed by atoms with Gasteiger partial charge in [-0.2, -0.15) is 0 Å². The van der Waals surface area contributed by atoms with E-state index in [9.17, 15) is 9.18 Å². The van der Waals surface area contributed by atoms with E-state index in [4.69, 9.17) is 9.15 Å². The summed E-state index contributed by atoms with van der Waals surface area (Å²) in [6.45, 7) is 1.12. The average Bonchev–Trinajstić information content (AvgIpc) is 3.03. The Bertz CT molecular complexity index is 600. The molecule has 2 aromatic heterocycles. The van der Waals surface area contributed by atoms with Crippen LogP contribution in [-0.2, 0) is 0 Å². The molecule has 1 aliphatic heterocycles. The van der Waals surface area contributed by atoms with Crippen LogP contribution in [0.5, 0.6) is 6.01 Å². The molecule has 0 spiro atoms. The summed E-state index contributed by atoms with van der Waals surface area (Å²) < 4.78 is 23.3. The number of likely N-dealkylation sites (tertiary alicyclic amines) is 1. The first-order valence-corrected chi connectivity index (χ1v) is 6.68. The Balaban J connectivity index is 1.63. The van der Waals surface area contributed by atoms with Crippen molar-refractivity contribution in [2.45, 2.75) is 18.9 Å². The fourth-order valence-electron chi connectivity index (χ4n) is 2.30. The molecule has 1 amide bonds. The van der Waals surface area contributed by atoms with Crippen molar-refractivity contribution in [1.29, 1.82) is 0 Å². The van der Waals surface area contributed by atoms with Crippen LogP contribution in [0.1, 0.15) is 23.2 Å². The van der Waals surface area contributed by atoms with Gasteiger partial charge in [-0.3, -0.25) is 4.79 Å². The van der Waals surface area contributed by atoms with Gasteiger partial charge in [-0.15, -0.1) is 0 Å². The first-order chi connectivity index (χ1) is 10.2. The Morgan fingerprint density at radius 1 is 1.43 bits per heavy atom. The van der Waals surface area contributed by atoms with Crippen LogP contribution in [0.2, 0.25) is 0 Å². The van der Waals surface area contributed by atoms with Crippen molar-refractivity contribution >= 4 is 5.91 Å². The van der Waals surface area contributed by atoms with E-state index in [2.05, 4.69) is 9.97 Å². The maximum absolute atomic E-state index is 12.7. The lowest BCUT2D eigenvalue weighted by atomic mass is 10.1. The topological polar surface area (TPSA) is 68.5 Å². The van der Waals surface area contributed by atoms with Gasteiger partial charge in [0, 0.05) is 6.54 Å². The third kappa shape index (κ3) is 3.18. The molecule has 1 unspecified atom stereocenters. The number of hydrogen-bond acceptors (Lipinski definition) is 5. The van der Waals surface area contributed by atoms with Gasteiger partial charge in [0.15, 0.2) is 5.82 Å². The molecule has 2 aromatic rings. The van der Waals surface area contributed by atoms with Crippen molar-refractivity contribution in [2.24, 2.45) is 0 Å². The van der Waals surface area contributed by atoms with E-state index >= 15 is 0 Å². The smallest absolute Gasteiger partial charge is 0.316 e. The number of carbonyl (C=O) groups is 1. The molecule has 1 fully saturated rings. The normalized spacial score (nSPS) is 18.5. The third-order valence-electron chi connectivity index (χ3n) is 3.30. The maximum Gasteiger partial charge on any atom is 0.316 e. The zero-order valence-electron chi connectivity index (χ0n) is 11.2. The van der Waals surface area contributed by atoms with Crippen molar-refractivity contribution in [3.63, 3.8) is 0 Å². The van der Waals surface area contributed by atoms with Gasteiger partial charge < -0.3 is 14.1 Å². The molecule has 1 aliphatic rings. The highest BCUT2D eigenvalue weighted by molar-refractivity contribution is 5.93.